The Balaban J connectivity index is 2.34. The first-order valence-electron chi connectivity index (χ1n) is 5.62. The fourth-order valence-electron chi connectivity index (χ4n) is 1.57. The molecular weight excluding hydrogens is 284 g/mol. The van der Waals surface area contributed by atoms with Crippen LogP contribution >= 0.6 is 11.8 Å². The van der Waals surface area contributed by atoms with E-state index in [4.69, 9.17) is 5.73 Å². The summed E-state index contributed by atoms with van der Waals surface area (Å²) < 4.78 is 31.3. The molecule has 0 aliphatic heterocycles. The van der Waals surface area contributed by atoms with E-state index < -0.39 is 17.6 Å². The third-order valence-electron chi connectivity index (χ3n) is 2.55. The highest BCUT2D eigenvalue weighted by Crippen LogP contribution is 2.32. The monoisotopic (exact) mass is 295 g/mol. The highest BCUT2D eigenvalue weighted by Gasteiger charge is 2.12. The Morgan fingerprint density at radius 2 is 1.95 bits per heavy atom. The molecular formula is C14H11F2NO2S. The zero-order valence-corrected chi connectivity index (χ0v) is 11.3. The number of anilines is 1. The predicted octanol–water partition coefficient (Wildman–Crippen LogP) is 3.48. The van der Waals surface area contributed by atoms with Gasteiger partial charge in [-0.3, -0.25) is 0 Å². The van der Waals surface area contributed by atoms with E-state index in [1.165, 1.54) is 19.2 Å². The largest absolute Gasteiger partial charge is 0.465 e. The van der Waals surface area contributed by atoms with Gasteiger partial charge in [-0.1, -0.05) is 11.8 Å². The van der Waals surface area contributed by atoms with Gasteiger partial charge in [0, 0.05) is 10.6 Å². The van der Waals surface area contributed by atoms with E-state index in [9.17, 15) is 13.6 Å². The summed E-state index contributed by atoms with van der Waals surface area (Å²) in [5, 5.41) is 0. The van der Waals surface area contributed by atoms with Crippen molar-refractivity contribution in [2.45, 2.75) is 9.79 Å². The summed E-state index contributed by atoms with van der Waals surface area (Å²) in [7, 11) is 1.24. The molecule has 0 fully saturated rings. The van der Waals surface area contributed by atoms with Crippen LogP contribution in [0.15, 0.2) is 46.2 Å². The number of benzene rings is 2. The average Bonchev–Trinajstić information content (AvgIpc) is 2.44. The second kappa shape index (κ2) is 5.92. The van der Waals surface area contributed by atoms with Gasteiger partial charge in [-0.15, -0.1) is 0 Å². The van der Waals surface area contributed by atoms with Crippen molar-refractivity contribution in [1.29, 1.82) is 0 Å². The van der Waals surface area contributed by atoms with Gasteiger partial charge in [0.1, 0.15) is 11.6 Å². The molecule has 0 aliphatic rings. The summed E-state index contributed by atoms with van der Waals surface area (Å²) in [6.45, 7) is 0. The molecule has 0 amide bonds. The Morgan fingerprint density at radius 3 is 2.65 bits per heavy atom. The topological polar surface area (TPSA) is 52.3 Å². The van der Waals surface area contributed by atoms with Crippen molar-refractivity contribution in [2.24, 2.45) is 0 Å². The van der Waals surface area contributed by atoms with Crippen molar-refractivity contribution in [3.63, 3.8) is 0 Å². The van der Waals surface area contributed by atoms with Crippen LogP contribution in [0.4, 0.5) is 14.5 Å². The fraction of sp³-hybridized carbons (Fsp3) is 0.0714. The standard InChI is InChI=1S/C14H11F2NO2S/c1-19-14(18)10-7-9(3-5-12(10)17)20-13-6-8(15)2-4-11(13)16/h2-7H,17H2,1H3. The second-order valence-corrected chi connectivity index (χ2v) is 5.03. The quantitative estimate of drug-likeness (QED) is 0.695. The number of methoxy groups -OCH3 is 1. The Bertz CT molecular complexity index is 662. The molecule has 104 valence electrons. The van der Waals surface area contributed by atoms with Crippen LogP contribution < -0.4 is 5.73 Å². The first-order valence-corrected chi connectivity index (χ1v) is 6.43. The summed E-state index contributed by atoms with van der Waals surface area (Å²) in [5.41, 5.74) is 6.12. The summed E-state index contributed by atoms with van der Waals surface area (Å²) >= 11 is 1.00. The summed E-state index contributed by atoms with van der Waals surface area (Å²) in [6, 6.07) is 7.81. The number of rotatable bonds is 3. The minimum atomic E-state index is -0.579. The van der Waals surface area contributed by atoms with Gasteiger partial charge in [0.25, 0.3) is 0 Å². The molecule has 0 atom stereocenters. The number of hydrogen-bond donors (Lipinski definition) is 1. The molecule has 0 radical (unpaired) electrons. The Hall–Kier alpha value is -2.08. The van der Waals surface area contributed by atoms with Crippen molar-refractivity contribution >= 4 is 23.4 Å². The van der Waals surface area contributed by atoms with Gasteiger partial charge in [0.2, 0.25) is 0 Å². The van der Waals surface area contributed by atoms with Crippen LogP contribution in [0.5, 0.6) is 0 Å². The Morgan fingerprint density at radius 1 is 1.20 bits per heavy atom. The molecule has 2 aromatic carbocycles. The maximum absolute atomic E-state index is 13.6. The van der Waals surface area contributed by atoms with Crippen LogP contribution in [0.1, 0.15) is 10.4 Å². The Kier molecular flexibility index (Phi) is 4.24. The lowest BCUT2D eigenvalue weighted by Crippen LogP contribution is -2.05. The van der Waals surface area contributed by atoms with Gasteiger partial charge in [-0.2, -0.15) is 0 Å². The van der Waals surface area contributed by atoms with Crippen LogP contribution in [0, 0.1) is 11.6 Å². The van der Waals surface area contributed by atoms with E-state index in [0.717, 1.165) is 30.0 Å². The number of ether oxygens (including phenoxy) is 1. The zero-order valence-electron chi connectivity index (χ0n) is 10.5. The molecule has 0 aliphatic carbocycles. The maximum atomic E-state index is 13.6. The molecule has 0 bridgehead atoms. The number of hydrogen-bond acceptors (Lipinski definition) is 4. The molecule has 3 nitrogen and oxygen atoms in total. The fourth-order valence-corrected chi connectivity index (χ4v) is 2.47. The van der Waals surface area contributed by atoms with Gasteiger partial charge < -0.3 is 10.5 Å². The number of carbonyl (C=O) groups excluding carboxylic acids is 1. The average molecular weight is 295 g/mol. The first-order chi connectivity index (χ1) is 9.51. The summed E-state index contributed by atoms with van der Waals surface area (Å²) in [4.78, 5) is 12.2. The van der Waals surface area contributed by atoms with Crippen molar-refractivity contribution < 1.29 is 18.3 Å². The molecule has 6 heteroatoms. The van der Waals surface area contributed by atoms with Crippen LogP contribution in [-0.4, -0.2) is 13.1 Å². The molecule has 0 unspecified atom stereocenters. The van der Waals surface area contributed by atoms with Crippen molar-refractivity contribution in [2.75, 3.05) is 12.8 Å². The van der Waals surface area contributed by atoms with E-state index in [2.05, 4.69) is 4.74 Å². The van der Waals surface area contributed by atoms with Gasteiger partial charge >= 0.3 is 5.97 Å². The van der Waals surface area contributed by atoms with E-state index in [1.807, 2.05) is 0 Å². The number of esters is 1. The molecule has 0 saturated heterocycles. The van der Waals surface area contributed by atoms with E-state index in [0.29, 0.717) is 4.90 Å². The van der Waals surface area contributed by atoms with Crippen LogP contribution in [-0.2, 0) is 4.74 Å². The Labute approximate surface area is 118 Å². The molecule has 20 heavy (non-hydrogen) atoms. The molecule has 0 spiro atoms. The van der Waals surface area contributed by atoms with Crippen LogP contribution in [0.2, 0.25) is 0 Å². The van der Waals surface area contributed by atoms with Crippen molar-refractivity contribution in [3.8, 4) is 0 Å². The van der Waals surface area contributed by atoms with Gasteiger partial charge in [-0.05, 0) is 36.4 Å². The molecule has 2 rings (SSSR count). The lowest BCUT2D eigenvalue weighted by molar-refractivity contribution is 0.0601. The normalized spacial score (nSPS) is 10.3. The highest BCUT2D eigenvalue weighted by molar-refractivity contribution is 7.99. The maximum Gasteiger partial charge on any atom is 0.339 e. The minimum Gasteiger partial charge on any atom is -0.465 e. The summed E-state index contributed by atoms with van der Waals surface area (Å²) in [5.74, 6) is -1.64. The van der Waals surface area contributed by atoms with Crippen LogP contribution in [0.3, 0.4) is 0 Å². The molecule has 0 aromatic heterocycles. The van der Waals surface area contributed by atoms with Crippen molar-refractivity contribution in [1.82, 2.24) is 0 Å². The van der Waals surface area contributed by atoms with E-state index >= 15 is 0 Å². The number of halogens is 2. The second-order valence-electron chi connectivity index (χ2n) is 3.92. The predicted molar refractivity (Wildman–Crippen MR) is 72.7 cm³/mol. The summed E-state index contributed by atoms with van der Waals surface area (Å²) in [6.07, 6.45) is 0. The highest BCUT2D eigenvalue weighted by atomic mass is 32.2. The number of carbonyl (C=O) groups is 1. The third kappa shape index (κ3) is 3.08. The lowest BCUT2D eigenvalue weighted by Gasteiger charge is -2.07. The molecule has 2 aromatic rings. The lowest BCUT2D eigenvalue weighted by atomic mass is 10.2. The van der Waals surface area contributed by atoms with E-state index in [1.54, 1.807) is 6.07 Å². The molecule has 0 heterocycles. The molecule has 2 N–H and O–H groups in total. The third-order valence-corrected chi connectivity index (χ3v) is 3.57. The van der Waals surface area contributed by atoms with Crippen molar-refractivity contribution in [3.05, 3.63) is 53.6 Å². The van der Waals surface area contributed by atoms with Gasteiger partial charge in [0.15, 0.2) is 0 Å². The first kappa shape index (κ1) is 14.3. The molecule has 0 saturated carbocycles. The zero-order chi connectivity index (χ0) is 14.7. The van der Waals surface area contributed by atoms with Gasteiger partial charge in [0.05, 0.1) is 17.6 Å². The van der Waals surface area contributed by atoms with Gasteiger partial charge in [-0.25, -0.2) is 13.6 Å². The van der Waals surface area contributed by atoms with Crippen LogP contribution in [0.25, 0.3) is 0 Å². The van der Waals surface area contributed by atoms with E-state index in [-0.39, 0.29) is 16.1 Å². The number of nitrogen functional groups attached to an aromatic ring is 1. The smallest absolute Gasteiger partial charge is 0.339 e. The number of nitrogens with two attached hydrogens (primary N) is 1. The SMILES string of the molecule is COC(=O)c1cc(Sc2cc(F)ccc2F)ccc1N. The minimum absolute atomic E-state index is 0.130.